The van der Waals surface area contributed by atoms with Gasteiger partial charge < -0.3 is 19.2 Å². The molecule has 0 spiro atoms. The Morgan fingerprint density at radius 1 is 0.971 bits per heavy atom. The Labute approximate surface area is 205 Å². The third kappa shape index (κ3) is 4.88. The summed E-state index contributed by atoms with van der Waals surface area (Å²) in [6, 6.07) is 18.8. The fourth-order valence-corrected chi connectivity index (χ4v) is 3.79. The van der Waals surface area contributed by atoms with Gasteiger partial charge >= 0.3 is 5.63 Å². The summed E-state index contributed by atoms with van der Waals surface area (Å²) in [5, 5.41) is 6.75. The maximum absolute atomic E-state index is 12.7. The van der Waals surface area contributed by atoms with Crippen LogP contribution in [0, 0.1) is 0 Å². The number of halogens is 1. The molecule has 4 rings (SSSR count). The number of hydrogen-bond donors (Lipinski definition) is 2. The molecule has 0 radical (unpaired) electrons. The Morgan fingerprint density at radius 3 is 2.47 bits per heavy atom. The zero-order valence-corrected chi connectivity index (χ0v) is 19.8. The van der Waals surface area contributed by atoms with Gasteiger partial charge in [-0.05, 0) is 60.2 Å². The Balaban J connectivity index is 1.61. The Bertz CT molecular complexity index is 1470. The second kappa shape index (κ2) is 9.94. The van der Waals surface area contributed by atoms with Crippen molar-refractivity contribution in [1.29, 1.82) is 0 Å². The van der Waals surface area contributed by atoms with E-state index in [1.807, 2.05) is 12.1 Å². The van der Waals surface area contributed by atoms with Crippen LogP contribution in [0.2, 0.25) is 5.02 Å². The van der Waals surface area contributed by atoms with Crippen molar-refractivity contribution in [2.24, 2.45) is 0 Å². The lowest BCUT2D eigenvalue weighted by molar-refractivity contribution is 0.0974. The molecule has 1 amide bonds. The van der Waals surface area contributed by atoms with Crippen LogP contribution in [0.5, 0.6) is 11.5 Å². The second-order valence-electron chi connectivity index (χ2n) is 7.15. The number of rotatable bonds is 5. The van der Waals surface area contributed by atoms with Gasteiger partial charge in [-0.1, -0.05) is 35.9 Å². The van der Waals surface area contributed by atoms with Crippen LogP contribution in [0.4, 0.5) is 5.69 Å². The summed E-state index contributed by atoms with van der Waals surface area (Å²) in [5.74, 6) is 0.320. The molecule has 3 aromatic carbocycles. The van der Waals surface area contributed by atoms with Gasteiger partial charge in [-0.2, -0.15) is 0 Å². The summed E-state index contributed by atoms with van der Waals surface area (Å²) in [6.45, 7) is 0. The predicted octanol–water partition coefficient (Wildman–Crippen LogP) is 5.26. The fourth-order valence-electron chi connectivity index (χ4n) is 3.42. The molecule has 0 bridgehead atoms. The normalized spacial score (nSPS) is 10.6. The van der Waals surface area contributed by atoms with Crippen molar-refractivity contribution in [2.45, 2.75) is 0 Å². The summed E-state index contributed by atoms with van der Waals surface area (Å²) < 4.78 is 16.1. The van der Waals surface area contributed by atoms with E-state index in [1.165, 1.54) is 20.3 Å². The van der Waals surface area contributed by atoms with E-state index in [4.69, 9.17) is 37.7 Å². The number of thiocarbonyl (C=S) groups is 1. The molecule has 1 heterocycles. The van der Waals surface area contributed by atoms with Crippen LogP contribution >= 0.6 is 23.8 Å². The van der Waals surface area contributed by atoms with Crippen LogP contribution in [0.25, 0.3) is 22.1 Å². The molecule has 0 saturated carbocycles. The highest BCUT2D eigenvalue weighted by molar-refractivity contribution is 7.80. The molecule has 0 aliphatic carbocycles. The van der Waals surface area contributed by atoms with E-state index in [0.29, 0.717) is 38.9 Å². The van der Waals surface area contributed by atoms with E-state index < -0.39 is 11.5 Å². The van der Waals surface area contributed by atoms with Crippen LogP contribution in [0.1, 0.15) is 10.4 Å². The molecule has 34 heavy (non-hydrogen) atoms. The van der Waals surface area contributed by atoms with Gasteiger partial charge in [0.25, 0.3) is 5.91 Å². The SMILES string of the molecule is COc1ccc(-c2cc3ccccc3oc2=O)cc1NC(=S)NC(=O)c1cc(Cl)ccc1OC. The number of hydrogen-bond acceptors (Lipinski definition) is 6. The van der Waals surface area contributed by atoms with E-state index >= 15 is 0 Å². The van der Waals surface area contributed by atoms with Gasteiger partial charge in [0.15, 0.2) is 5.11 Å². The number of methoxy groups -OCH3 is 2. The minimum absolute atomic E-state index is 0.0213. The number of ether oxygens (including phenoxy) is 2. The van der Waals surface area contributed by atoms with Crippen molar-refractivity contribution in [2.75, 3.05) is 19.5 Å². The lowest BCUT2D eigenvalue weighted by atomic mass is 10.0. The summed E-state index contributed by atoms with van der Waals surface area (Å²) in [7, 11) is 2.96. The van der Waals surface area contributed by atoms with Gasteiger partial charge in [0.05, 0.1) is 31.0 Å². The van der Waals surface area contributed by atoms with Gasteiger partial charge in [-0.25, -0.2) is 4.79 Å². The van der Waals surface area contributed by atoms with Crippen molar-refractivity contribution in [3.63, 3.8) is 0 Å². The standard InChI is InChI=1S/C25H19ClN2O5S/c1-31-21-10-8-16(26)13-18(21)23(29)28-25(34)27-19-12-14(7-9-22(19)32-2)17-11-15-5-3-4-6-20(15)33-24(17)30/h3-13H,1-2H3,(H2,27,28,29,34). The molecule has 7 nitrogen and oxygen atoms in total. The molecule has 4 aromatic rings. The molecular formula is C25H19ClN2O5S. The number of para-hydroxylation sites is 1. The average Bonchev–Trinajstić information content (AvgIpc) is 2.83. The molecule has 0 unspecified atom stereocenters. The van der Waals surface area contributed by atoms with E-state index in [0.717, 1.165) is 5.39 Å². The Hall–Kier alpha value is -3.88. The molecule has 0 fully saturated rings. The topological polar surface area (TPSA) is 89.8 Å². The summed E-state index contributed by atoms with van der Waals surface area (Å²) in [6.07, 6.45) is 0. The van der Waals surface area contributed by atoms with Crippen LogP contribution in [-0.4, -0.2) is 25.2 Å². The minimum Gasteiger partial charge on any atom is -0.496 e. The number of carbonyl (C=O) groups excluding carboxylic acids is 1. The zero-order valence-electron chi connectivity index (χ0n) is 18.2. The zero-order chi connectivity index (χ0) is 24.2. The van der Waals surface area contributed by atoms with Gasteiger partial charge in [-0.15, -0.1) is 0 Å². The Kier molecular flexibility index (Phi) is 6.81. The molecule has 172 valence electrons. The van der Waals surface area contributed by atoms with Gasteiger partial charge in [0.1, 0.15) is 17.1 Å². The first-order valence-corrected chi connectivity index (χ1v) is 10.9. The highest BCUT2D eigenvalue weighted by atomic mass is 35.5. The Morgan fingerprint density at radius 2 is 1.71 bits per heavy atom. The first-order chi connectivity index (χ1) is 16.4. The number of benzene rings is 3. The second-order valence-corrected chi connectivity index (χ2v) is 8.00. The van der Waals surface area contributed by atoms with E-state index in [2.05, 4.69) is 10.6 Å². The van der Waals surface area contributed by atoms with E-state index in [-0.39, 0.29) is 10.7 Å². The molecule has 1 aromatic heterocycles. The van der Waals surface area contributed by atoms with Crippen LogP contribution in [-0.2, 0) is 0 Å². The van der Waals surface area contributed by atoms with Gasteiger partial charge in [0.2, 0.25) is 0 Å². The molecule has 0 atom stereocenters. The average molecular weight is 495 g/mol. The van der Waals surface area contributed by atoms with Crippen LogP contribution in [0.3, 0.4) is 0 Å². The third-order valence-electron chi connectivity index (χ3n) is 5.03. The molecule has 0 saturated heterocycles. The maximum Gasteiger partial charge on any atom is 0.344 e. The molecule has 0 aliphatic heterocycles. The molecule has 2 N–H and O–H groups in total. The maximum atomic E-state index is 12.7. The van der Waals surface area contributed by atoms with Gasteiger partial charge in [0, 0.05) is 10.4 Å². The molecule has 9 heteroatoms. The van der Waals surface area contributed by atoms with Crippen molar-refractivity contribution in [3.05, 3.63) is 87.7 Å². The lowest BCUT2D eigenvalue weighted by Gasteiger charge is -2.15. The molecular weight excluding hydrogens is 476 g/mol. The van der Waals surface area contributed by atoms with E-state index in [1.54, 1.807) is 48.5 Å². The smallest absolute Gasteiger partial charge is 0.344 e. The van der Waals surface area contributed by atoms with Crippen molar-refractivity contribution in [1.82, 2.24) is 5.32 Å². The minimum atomic E-state index is -0.498. The van der Waals surface area contributed by atoms with Crippen LogP contribution < -0.4 is 25.7 Å². The largest absolute Gasteiger partial charge is 0.496 e. The summed E-state index contributed by atoms with van der Waals surface area (Å²) in [5.41, 5.74) is 1.68. The third-order valence-corrected chi connectivity index (χ3v) is 5.47. The highest BCUT2D eigenvalue weighted by Crippen LogP contribution is 2.31. The van der Waals surface area contributed by atoms with Gasteiger partial charge in [-0.3, -0.25) is 10.1 Å². The number of amides is 1. The number of anilines is 1. The fraction of sp³-hybridized carbons (Fsp3) is 0.0800. The first-order valence-electron chi connectivity index (χ1n) is 10.1. The van der Waals surface area contributed by atoms with Crippen molar-refractivity contribution in [3.8, 4) is 22.6 Å². The summed E-state index contributed by atoms with van der Waals surface area (Å²) >= 11 is 11.3. The highest BCUT2D eigenvalue weighted by Gasteiger charge is 2.16. The molecule has 0 aliphatic rings. The van der Waals surface area contributed by atoms with Crippen molar-refractivity contribution >= 4 is 51.5 Å². The first kappa shape index (κ1) is 23.3. The van der Waals surface area contributed by atoms with Crippen LogP contribution in [0.15, 0.2) is 75.9 Å². The summed E-state index contributed by atoms with van der Waals surface area (Å²) in [4.78, 5) is 25.3. The monoisotopic (exact) mass is 494 g/mol. The van der Waals surface area contributed by atoms with E-state index in [9.17, 15) is 9.59 Å². The number of nitrogens with one attached hydrogen (secondary N) is 2. The predicted molar refractivity (Wildman–Crippen MR) is 136 cm³/mol. The van der Waals surface area contributed by atoms with Crippen molar-refractivity contribution < 1.29 is 18.7 Å². The number of carbonyl (C=O) groups is 1. The quantitative estimate of drug-likeness (QED) is 0.289. The number of fused-ring (bicyclic) bond motifs is 1. The lowest BCUT2D eigenvalue weighted by Crippen LogP contribution is -2.34.